The van der Waals surface area contributed by atoms with Gasteiger partial charge in [-0.2, -0.15) is 0 Å². The van der Waals surface area contributed by atoms with E-state index in [0.717, 1.165) is 69.8 Å². The van der Waals surface area contributed by atoms with Crippen molar-refractivity contribution in [2.24, 2.45) is 28.5 Å². The van der Waals surface area contributed by atoms with Gasteiger partial charge in [-0.15, -0.1) is 0 Å². The third-order valence-electron chi connectivity index (χ3n) is 13.4. The summed E-state index contributed by atoms with van der Waals surface area (Å²) in [6, 6.07) is 7.50. The number of rotatable bonds is 12. The first-order valence-electron chi connectivity index (χ1n) is 18.7. The Bertz CT molecular complexity index is 1260. The molecule has 3 saturated carbocycles. The molecule has 1 saturated heterocycles. The second kappa shape index (κ2) is 12.8. The first kappa shape index (κ1) is 32.6. The summed E-state index contributed by atoms with van der Waals surface area (Å²) in [4.78, 5) is 9.88. The summed E-state index contributed by atoms with van der Waals surface area (Å²) in [6.07, 6.45) is 13.6. The molecule has 256 valence electrons. The van der Waals surface area contributed by atoms with Gasteiger partial charge in [0.2, 0.25) is 0 Å². The van der Waals surface area contributed by atoms with Crippen molar-refractivity contribution in [1.29, 1.82) is 0 Å². The normalized spacial score (nSPS) is 39.6. The highest BCUT2D eigenvalue weighted by Gasteiger charge is 2.53. The molecule has 1 aromatic carbocycles. The fraction of sp³-hybridized carbons (Fsp3) is 0.811. The zero-order chi connectivity index (χ0) is 32.2. The van der Waals surface area contributed by atoms with Crippen LogP contribution in [-0.2, 0) is 5.41 Å². The molecule has 0 amide bonds. The van der Waals surface area contributed by atoms with E-state index in [1.165, 1.54) is 55.5 Å². The highest BCUT2D eigenvalue weighted by atomic mass is 16.3. The average Bonchev–Trinajstić information content (AvgIpc) is 3.69. The number of likely N-dealkylation sites (tertiary alicyclic amines) is 1. The Morgan fingerprint density at radius 2 is 1.85 bits per heavy atom. The van der Waals surface area contributed by atoms with E-state index < -0.39 is 12.2 Å². The lowest BCUT2D eigenvalue weighted by Gasteiger charge is -2.44. The largest absolute Gasteiger partial charge is 0.390 e. The van der Waals surface area contributed by atoms with Crippen LogP contribution in [-0.4, -0.2) is 88.3 Å². The molecule has 9 heteroatoms. The topological polar surface area (TPSA) is 121 Å². The first-order valence-corrected chi connectivity index (χ1v) is 18.7. The molecule has 4 fully saturated rings. The molecule has 1 aromatic rings. The summed E-state index contributed by atoms with van der Waals surface area (Å²) >= 11 is 0. The molecule has 0 bridgehead atoms. The molecule has 3 aliphatic carbocycles. The Balaban J connectivity index is 0.876. The van der Waals surface area contributed by atoms with Crippen LogP contribution in [0.3, 0.4) is 0 Å². The number of hydrogen-bond acceptors (Lipinski definition) is 9. The van der Waals surface area contributed by atoms with Crippen LogP contribution in [0.15, 0.2) is 23.2 Å². The van der Waals surface area contributed by atoms with Gasteiger partial charge in [0.1, 0.15) is 11.5 Å². The predicted molar refractivity (Wildman–Crippen MR) is 187 cm³/mol. The molecule has 46 heavy (non-hydrogen) atoms. The van der Waals surface area contributed by atoms with E-state index in [0.29, 0.717) is 17.6 Å². The predicted octanol–water partition coefficient (Wildman–Crippen LogP) is 4.80. The van der Waals surface area contributed by atoms with E-state index in [1.807, 2.05) is 0 Å². The Kier molecular flexibility index (Phi) is 9.11. The molecule has 3 aliphatic heterocycles. The Morgan fingerprint density at radius 1 is 1.07 bits per heavy atom. The van der Waals surface area contributed by atoms with Crippen LogP contribution in [0.2, 0.25) is 0 Å². The SMILES string of the molecule is CCCCC1(CC)N=C(N)C2CCN([C@@H]3C[C@H](CN(C)[C@H]4C[C@H](CCC5Nc6ccc(C7(C)CCC7)cc6N5)C4)[C@@H](O)[C@H]3O)C2N1. The number of aliphatic hydroxyl groups excluding tert-OH is 2. The monoisotopic (exact) mass is 635 g/mol. The third kappa shape index (κ3) is 5.97. The quantitative estimate of drug-likeness (QED) is 0.194. The first-order chi connectivity index (χ1) is 22.1. The molecule has 7 N–H and O–H groups in total. The molecule has 4 unspecified atom stereocenters. The number of unbranched alkanes of at least 4 members (excludes halogenated alkanes) is 1. The van der Waals surface area contributed by atoms with E-state index in [9.17, 15) is 10.2 Å². The number of amidine groups is 1. The van der Waals surface area contributed by atoms with E-state index in [2.05, 4.69) is 71.8 Å². The minimum atomic E-state index is -0.733. The maximum Gasteiger partial charge on any atom is 0.113 e. The summed E-state index contributed by atoms with van der Waals surface area (Å²) in [5.41, 5.74) is 10.7. The number of anilines is 2. The lowest BCUT2D eigenvalue weighted by molar-refractivity contribution is -0.0278. The van der Waals surface area contributed by atoms with Crippen LogP contribution in [0.4, 0.5) is 11.4 Å². The van der Waals surface area contributed by atoms with Crippen molar-refractivity contribution < 1.29 is 10.2 Å². The standard InChI is InChI=1S/C37H61N7O2/c1-5-7-16-37(6-2)41-34(38)27-13-17-44(35(27)42-37)30-20-24(32(45)33(30)46)22-43(4)26-18-23(19-26)9-12-31-39-28-11-10-25(21-29(28)40-31)36(3)14-8-15-36/h10-11,21,23-24,26-27,30-33,35,39-40,42,45-46H,5-9,12-20,22H2,1-4H3,(H2,38,41)/t23-,24-,26-,27?,30-,31?,32-,33+,35?,37?/m1/s1. The van der Waals surface area contributed by atoms with Gasteiger partial charge in [0.15, 0.2) is 0 Å². The van der Waals surface area contributed by atoms with E-state index in [4.69, 9.17) is 10.7 Å². The van der Waals surface area contributed by atoms with Crippen molar-refractivity contribution in [1.82, 2.24) is 15.1 Å². The minimum absolute atomic E-state index is 0.0557. The van der Waals surface area contributed by atoms with Gasteiger partial charge in [0.05, 0.1) is 35.9 Å². The molecule has 0 radical (unpaired) electrons. The highest BCUT2D eigenvalue weighted by Crippen LogP contribution is 2.46. The zero-order valence-corrected chi connectivity index (χ0v) is 28.8. The second-order valence-electron chi connectivity index (χ2n) is 16.3. The van der Waals surface area contributed by atoms with Crippen LogP contribution < -0.4 is 21.7 Å². The number of hydrogen-bond donors (Lipinski definition) is 6. The number of aliphatic hydroxyl groups is 2. The van der Waals surface area contributed by atoms with Gasteiger partial charge in [0.25, 0.3) is 0 Å². The van der Waals surface area contributed by atoms with E-state index in [1.54, 1.807) is 0 Å². The van der Waals surface area contributed by atoms with Crippen LogP contribution in [0.1, 0.15) is 110 Å². The van der Waals surface area contributed by atoms with E-state index >= 15 is 0 Å². The Morgan fingerprint density at radius 3 is 2.57 bits per heavy atom. The van der Waals surface area contributed by atoms with Crippen molar-refractivity contribution in [3.05, 3.63) is 23.8 Å². The van der Waals surface area contributed by atoms with Crippen LogP contribution in [0.5, 0.6) is 0 Å². The summed E-state index contributed by atoms with van der Waals surface area (Å²) < 4.78 is 0. The highest BCUT2D eigenvalue weighted by molar-refractivity contribution is 5.85. The molecule has 3 heterocycles. The van der Waals surface area contributed by atoms with Crippen LogP contribution in [0, 0.1) is 17.8 Å². The summed E-state index contributed by atoms with van der Waals surface area (Å²) in [7, 11) is 2.22. The minimum Gasteiger partial charge on any atom is -0.390 e. The fourth-order valence-corrected chi connectivity index (χ4v) is 9.82. The van der Waals surface area contributed by atoms with Crippen LogP contribution in [0.25, 0.3) is 0 Å². The maximum absolute atomic E-state index is 11.3. The average molecular weight is 636 g/mol. The van der Waals surface area contributed by atoms with Gasteiger partial charge in [-0.25, -0.2) is 0 Å². The summed E-state index contributed by atoms with van der Waals surface area (Å²) in [5, 5.41) is 34.0. The smallest absolute Gasteiger partial charge is 0.113 e. The van der Waals surface area contributed by atoms with Crippen molar-refractivity contribution in [3.8, 4) is 0 Å². The second-order valence-corrected chi connectivity index (χ2v) is 16.3. The third-order valence-corrected chi connectivity index (χ3v) is 13.4. The molecular formula is C37H61N7O2. The molecule has 8 atom stereocenters. The number of fused-ring (bicyclic) bond motifs is 2. The van der Waals surface area contributed by atoms with Crippen molar-refractivity contribution >= 4 is 17.2 Å². The molecule has 7 rings (SSSR count). The lowest BCUT2D eigenvalue weighted by atomic mass is 9.66. The number of aliphatic imine (C=N–C) groups is 1. The Labute approximate surface area is 277 Å². The van der Waals surface area contributed by atoms with Gasteiger partial charge >= 0.3 is 0 Å². The molecule has 0 spiro atoms. The number of nitrogens with two attached hydrogens (primary N) is 1. The van der Waals surface area contributed by atoms with Gasteiger partial charge in [0, 0.05) is 37.0 Å². The molecule has 9 nitrogen and oxygen atoms in total. The lowest BCUT2D eigenvalue weighted by Crippen LogP contribution is -2.63. The van der Waals surface area contributed by atoms with Gasteiger partial charge in [-0.3, -0.25) is 15.2 Å². The number of nitrogens with zero attached hydrogens (tertiary/aromatic N) is 3. The molecular weight excluding hydrogens is 574 g/mol. The van der Waals surface area contributed by atoms with E-state index in [-0.39, 0.29) is 29.7 Å². The molecule has 0 aromatic heterocycles. The summed E-state index contributed by atoms with van der Waals surface area (Å²) in [5.74, 6) is 1.78. The fourth-order valence-electron chi connectivity index (χ4n) is 9.82. The number of nitrogens with one attached hydrogen (secondary N) is 3. The zero-order valence-electron chi connectivity index (χ0n) is 28.8. The summed E-state index contributed by atoms with van der Waals surface area (Å²) in [6.45, 7) is 8.53. The molecule has 6 aliphatic rings. The van der Waals surface area contributed by atoms with Gasteiger partial charge in [-0.05, 0) is 107 Å². The Hall–Kier alpha value is -1.91. The van der Waals surface area contributed by atoms with Gasteiger partial charge in [-0.1, -0.05) is 39.7 Å². The maximum atomic E-state index is 11.3. The van der Waals surface area contributed by atoms with Crippen molar-refractivity contribution in [2.75, 3.05) is 30.8 Å². The van der Waals surface area contributed by atoms with Crippen molar-refractivity contribution in [2.45, 2.75) is 152 Å². The van der Waals surface area contributed by atoms with Crippen molar-refractivity contribution in [3.63, 3.8) is 0 Å². The van der Waals surface area contributed by atoms with Crippen LogP contribution >= 0.6 is 0 Å². The van der Waals surface area contributed by atoms with Gasteiger partial charge < -0.3 is 31.5 Å². The number of benzene rings is 1.